The van der Waals surface area contributed by atoms with Crippen LogP contribution in [0, 0.1) is 0 Å². The number of hydrogen-bond donors (Lipinski definition) is 1. The first-order chi connectivity index (χ1) is 6.86. The Balaban J connectivity index is 2.54. The molecule has 0 bridgehead atoms. The fraction of sp³-hybridized carbons (Fsp3) is 0.333. The number of aromatic nitrogens is 1. The van der Waals surface area contributed by atoms with Crippen molar-refractivity contribution in [1.82, 2.24) is 4.98 Å². The van der Waals surface area contributed by atoms with Crippen LogP contribution in [0.1, 0.15) is 13.8 Å². The van der Waals surface area contributed by atoms with E-state index in [4.69, 9.17) is 0 Å². The molecule has 0 spiro atoms. The first-order valence-corrected chi connectivity index (χ1v) is 5.17. The second-order valence-corrected chi connectivity index (χ2v) is 3.39. The molecule has 0 unspecified atom stereocenters. The van der Waals surface area contributed by atoms with Crippen LogP contribution < -0.4 is 4.90 Å². The minimum absolute atomic E-state index is 1.06. The predicted molar refractivity (Wildman–Crippen MR) is 61.9 cm³/mol. The van der Waals surface area contributed by atoms with E-state index in [1.54, 1.807) is 0 Å². The Hall–Kier alpha value is -1.44. The standard InChI is InChI=1S/C12H16N2/c1-3-14(4-2)12-7-5-6-11-10(12)8-9-13-11/h5-9,13H,3-4H2,1-2H3. The number of nitrogens with one attached hydrogen (secondary N) is 1. The van der Waals surface area contributed by atoms with Gasteiger partial charge in [-0.2, -0.15) is 0 Å². The molecule has 1 aromatic heterocycles. The highest BCUT2D eigenvalue weighted by Crippen LogP contribution is 2.25. The van der Waals surface area contributed by atoms with Crippen LogP contribution in [-0.4, -0.2) is 18.1 Å². The summed E-state index contributed by atoms with van der Waals surface area (Å²) in [5, 5.41) is 1.32. The smallest absolute Gasteiger partial charge is 0.0474 e. The molecule has 2 heteroatoms. The molecule has 1 heterocycles. The zero-order valence-corrected chi connectivity index (χ0v) is 8.75. The van der Waals surface area contributed by atoms with Crippen LogP contribution >= 0.6 is 0 Å². The quantitative estimate of drug-likeness (QED) is 0.784. The summed E-state index contributed by atoms with van der Waals surface area (Å²) < 4.78 is 0. The molecule has 2 nitrogen and oxygen atoms in total. The maximum atomic E-state index is 3.24. The van der Waals surface area contributed by atoms with Crippen LogP contribution in [0.5, 0.6) is 0 Å². The Labute approximate surface area is 84.5 Å². The molecular weight excluding hydrogens is 172 g/mol. The van der Waals surface area contributed by atoms with Crippen molar-refractivity contribution in [2.24, 2.45) is 0 Å². The van der Waals surface area contributed by atoms with Crippen molar-refractivity contribution in [2.45, 2.75) is 13.8 Å². The van der Waals surface area contributed by atoms with Crippen LogP contribution in [0.15, 0.2) is 30.5 Å². The van der Waals surface area contributed by atoms with Gasteiger partial charge in [0.15, 0.2) is 0 Å². The molecule has 0 atom stereocenters. The van der Waals surface area contributed by atoms with Crippen LogP contribution in [0.3, 0.4) is 0 Å². The number of rotatable bonds is 3. The molecule has 0 radical (unpaired) electrons. The van der Waals surface area contributed by atoms with Crippen molar-refractivity contribution < 1.29 is 0 Å². The normalized spacial score (nSPS) is 10.7. The summed E-state index contributed by atoms with van der Waals surface area (Å²) in [6.45, 7) is 6.49. The van der Waals surface area contributed by atoms with E-state index in [0.717, 1.165) is 13.1 Å². The number of aromatic amines is 1. The summed E-state index contributed by atoms with van der Waals surface area (Å²) >= 11 is 0. The second kappa shape index (κ2) is 3.74. The van der Waals surface area contributed by atoms with Crippen molar-refractivity contribution in [1.29, 1.82) is 0 Å². The SMILES string of the molecule is CCN(CC)c1cccc2[nH]ccc12. The van der Waals surface area contributed by atoms with Crippen molar-refractivity contribution >= 4 is 16.6 Å². The van der Waals surface area contributed by atoms with Crippen molar-refractivity contribution in [2.75, 3.05) is 18.0 Å². The van der Waals surface area contributed by atoms with Crippen LogP contribution in [0.25, 0.3) is 10.9 Å². The van der Waals surface area contributed by atoms with E-state index < -0.39 is 0 Å². The molecule has 74 valence electrons. The van der Waals surface area contributed by atoms with E-state index in [0.29, 0.717) is 0 Å². The lowest BCUT2D eigenvalue weighted by Gasteiger charge is -2.21. The third-order valence-electron chi connectivity index (χ3n) is 2.68. The highest BCUT2D eigenvalue weighted by molar-refractivity contribution is 5.92. The maximum absolute atomic E-state index is 3.24. The summed E-state index contributed by atoms with van der Waals surface area (Å²) in [5.41, 5.74) is 2.54. The van der Waals surface area contributed by atoms with E-state index in [9.17, 15) is 0 Å². The Morgan fingerprint density at radius 1 is 1.14 bits per heavy atom. The summed E-state index contributed by atoms with van der Waals surface area (Å²) in [7, 11) is 0. The summed E-state index contributed by atoms with van der Waals surface area (Å²) in [5.74, 6) is 0. The Morgan fingerprint density at radius 3 is 2.64 bits per heavy atom. The first kappa shape index (κ1) is 9.13. The molecule has 0 aliphatic carbocycles. The molecular formula is C12H16N2. The fourth-order valence-electron chi connectivity index (χ4n) is 1.91. The van der Waals surface area contributed by atoms with E-state index in [1.165, 1.54) is 16.6 Å². The molecule has 14 heavy (non-hydrogen) atoms. The average Bonchev–Trinajstić information content (AvgIpc) is 2.68. The number of nitrogens with zero attached hydrogens (tertiary/aromatic N) is 1. The van der Waals surface area contributed by atoms with Crippen LogP contribution in [-0.2, 0) is 0 Å². The Morgan fingerprint density at radius 2 is 1.93 bits per heavy atom. The van der Waals surface area contributed by atoms with Crippen molar-refractivity contribution in [3.8, 4) is 0 Å². The van der Waals surface area contributed by atoms with Crippen LogP contribution in [0.4, 0.5) is 5.69 Å². The van der Waals surface area contributed by atoms with Crippen LogP contribution in [0.2, 0.25) is 0 Å². The van der Waals surface area contributed by atoms with Gasteiger partial charge in [-0.05, 0) is 32.0 Å². The van der Waals surface area contributed by atoms with Gasteiger partial charge in [-0.3, -0.25) is 0 Å². The highest BCUT2D eigenvalue weighted by atomic mass is 15.1. The van der Waals surface area contributed by atoms with E-state index >= 15 is 0 Å². The van der Waals surface area contributed by atoms with Gasteiger partial charge in [-0.15, -0.1) is 0 Å². The van der Waals surface area contributed by atoms with Gasteiger partial charge in [0, 0.05) is 35.9 Å². The molecule has 0 aliphatic rings. The Kier molecular flexibility index (Phi) is 2.44. The molecule has 0 saturated heterocycles. The molecule has 0 fully saturated rings. The number of anilines is 1. The number of H-pyrrole nitrogens is 1. The summed E-state index contributed by atoms with van der Waals surface area (Å²) in [6.07, 6.45) is 2.00. The molecule has 0 saturated carbocycles. The van der Waals surface area contributed by atoms with E-state index in [1.807, 2.05) is 6.20 Å². The predicted octanol–water partition coefficient (Wildman–Crippen LogP) is 3.01. The van der Waals surface area contributed by atoms with Gasteiger partial charge in [0.05, 0.1) is 0 Å². The molecule has 2 aromatic rings. The van der Waals surface area contributed by atoms with Gasteiger partial charge in [-0.25, -0.2) is 0 Å². The van der Waals surface area contributed by atoms with Gasteiger partial charge in [0.25, 0.3) is 0 Å². The molecule has 0 aliphatic heterocycles. The number of hydrogen-bond acceptors (Lipinski definition) is 1. The third kappa shape index (κ3) is 1.37. The van der Waals surface area contributed by atoms with E-state index in [2.05, 4.69) is 48.0 Å². The maximum Gasteiger partial charge on any atom is 0.0474 e. The molecule has 1 aromatic carbocycles. The van der Waals surface area contributed by atoms with Gasteiger partial charge in [-0.1, -0.05) is 6.07 Å². The molecule has 2 rings (SSSR count). The highest BCUT2D eigenvalue weighted by Gasteiger charge is 2.06. The van der Waals surface area contributed by atoms with Gasteiger partial charge in [0.1, 0.15) is 0 Å². The second-order valence-electron chi connectivity index (χ2n) is 3.39. The minimum atomic E-state index is 1.06. The zero-order valence-electron chi connectivity index (χ0n) is 8.75. The Bertz CT molecular complexity index is 413. The number of benzene rings is 1. The molecule has 0 amide bonds. The lowest BCUT2D eigenvalue weighted by atomic mass is 10.2. The summed E-state index contributed by atoms with van der Waals surface area (Å²) in [4.78, 5) is 5.61. The van der Waals surface area contributed by atoms with Gasteiger partial charge in [0.2, 0.25) is 0 Å². The average molecular weight is 188 g/mol. The topological polar surface area (TPSA) is 19.0 Å². The first-order valence-electron chi connectivity index (χ1n) is 5.17. The summed E-state index contributed by atoms with van der Waals surface area (Å²) in [6, 6.07) is 8.54. The third-order valence-corrected chi connectivity index (χ3v) is 2.68. The van der Waals surface area contributed by atoms with E-state index in [-0.39, 0.29) is 0 Å². The largest absolute Gasteiger partial charge is 0.372 e. The zero-order chi connectivity index (χ0) is 9.97. The van der Waals surface area contributed by atoms with Gasteiger partial charge >= 0.3 is 0 Å². The lowest BCUT2D eigenvalue weighted by molar-refractivity contribution is 0.871. The lowest BCUT2D eigenvalue weighted by Crippen LogP contribution is -2.21. The van der Waals surface area contributed by atoms with Gasteiger partial charge < -0.3 is 9.88 Å². The fourth-order valence-corrected chi connectivity index (χ4v) is 1.91. The van der Waals surface area contributed by atoms with Crippen molar-refractivity contribution in [3.63, 3.8) is 0 Å². The number of fused-ring (bicyclic) bond motifs is 1. The monoisotopic (exact) mass is 188 g/mol. The van der Waals surface area contributed by atoms with Crippen molar-refractivity contribution in [3.05, 3.63) is 30.5 Å². The molecule has 1 N–H and O–H groups in total. The minimum Gasteiger partial charge on any atom is -0.372 e.